The third-order valence-electron chi connectivity index (χ3n) is 3.37. The number of aryl methyl sites for hydroxylation is 1. The molecule has 2 heteroatoms. The molecule has 0 saturated carbocycles. The van der Waals surface area contributed by atoms with Crippen LogP contribution in [0.15, 0.2) is 18.2 Å². The lowest BCUT2D eigenvalue weighted by Crippen LogP contribution is -2.35. The van der Waals surface area contributed by atoms with Crippen LogP contribution in [0.5, 0.6) is 5.75 Å². The molecule has 1 aromatic carbocycles. The van der Waals surface area contributed by atoms with Crippen LogP contribution in [-0.4, -0.2) is 18.7 Å². The number of ether oxygens (including phenoxy) is 1. The Morgan fingerprint density at radius 1 is 1.47 bits per heavy atom. The first-order valence-corrected chi connectivity index (χ1v) is 6.68. The van der Waals surface area contributed by atoms with E-state index in [-0.39, 0.29) is 0 Å². The van der Waals surface area contributed by atoms with E-state index < -0.39 is 0 Å². The van der Waals surface area contributed by atoms with Crippen molar-refractivity contribution in [1.29, 1.82) is 0 Å². The number of hydrogen-bond acceptors (Lipinski definition) is 2. The molecule has 0 bridgehead atoms. The molecule has 0 amide bonds. The first-order valence-electron chi connectivity index (χ1n) is 6.68. The van der Waals surface area contributed by atoms with E-state index in [2.05, 4.69) is 44.3 Å². The summed E-state index contributed by atoms with van der Waals surface area (Å²) < 4.78 is 5.93. The number of hydrogen-bond donors (Lipinski definition) is 1. The lowest BCUT2D eigenvalue weighted by Gasteiger charge is -2.16. The minimum atomic E-state index is 0.311. The molecule has 0 fully saturated rings. The van der Waals surface area contributed by atoms with Crippen LogP contribution >= 0.6 is 0 Å². The van der Waals surface area contributed by atoms with Crippen molar-refractivity contribution in [3.05, 3.63) is 29.3 Å². The predicted octanol–water partition coefficient (Wildman–Crippen LogP) is 3.08. The highest BCUT2D eigenvalue weighted by molar-refractivity contribution is 5.40. The van der Waals surface area contributed by atoms with Gasteiger partial charge >= 0.3 is 0 Å². The zero-order valence-electron chi connectivity index (χ0n) is 11.1. The minimum absolute atomic E-state index is 0.311. The second kappa shape index (κ2) is 5.54. The van der Waals surface area contributed by atoms with Gasteiger partial charge in [-0.2, -0.15) is 0 Å². The monoisotopic (exact) mass is 233 g/mol. The summed E-state index contributed by atoms with van der Waals surface area (Å²) in [5, 5.41) is 3.55. The molecule has 1 aromatic rings. The molecule has 1 heterocycles. The Morgan fingerprint density at radius 2 is 2.29 bits per heavy atom. The van der Waals surface area contributed by atoms with Crippen LogP contribution in [-0.2, 0) is 6.42 Å². The standard InChI is InChI=1S/C15H23NO/c1-4-5-12(3)16-10-14-9-13-8-11(2)6-7-15(13)17-14/h6-8,12,14,16H,4-5,9-10H2,1-3H3. The quantitative estimate of drug-likeness (QED) is 0.844. The van der Waals surface area contributed by atoms with E-state index in [1.165, 1.54) is 24.0 Å². The number of nitrogens with one attached hydrogen (secondary N) is 1. The summed E-state index contributed by atoms with van der Waals surface area (Å²) in [7, 11) is 0. The molecule has 0 saturated heterocycles. The molecular formula is C15H23NO. The Labute approximate surface area is 104 Å². The van der Waals surface area contributed by atoms with Crippen LogP contribution in [0.25, 0.3) is 0 Å². The maximum atomic E-state index is 5.93. The molecule has 94 valence electrons. The zero-order valence-corrected chi connectivity index (χ0v) is 11.1. The zero-order chi connectivity index (χ0) is 12.3. The summed E-state index contributed by atoms with van der Waals surface area (Å²) in [6.45, 7) is 7.56. The van der Waals surface area contributed by atoms with Crippen LogP contribution in [0, 0.1) is 6.92 Å². The van der Waals surface area contributed by atoms with Gasteiger partial charge in [-0.25, -0.2) is 0 Å². The van der Waals surface area contributed by atoms with Gasteiger partial charge < -0.3 is 10.1 Å². The minimum Gasteiger partial charge on any atom is -0.488 e. The Bertz CT molecular complexity index is 375. The average Bonchev–Trinajstić information content (AvgIpc) is 2.68. The molecule has 0 aromatic heterocycles. The van der Waals surface area contributed by atoms with E-state index in [0.717, 1.165) is 18.7 Å². The van der Waals surface area contributed by atoms with Crippen LogP contribution in [0.2, 0.25) is 0 Å². The smallest absolute Gasteiger partial charge is 0.123 e. The third-order valence-corrected chi connectivity index (χ3v) is 3.37. The summed E-state index contributed by atoms with van der Waals surface area (Å²) in [6, 6.07) is 7.05. The van der Waals surface area contributed by atoms with Gasteiger partial charge in [-0.15, -0.1) is 0 Å². The van der Waals surface area contributed by atoms with Crippen molar-refractivity contribution in [2.24, 2.45) is 0 Å². The second-order valence-electron chi connectivity index (χ2n) is 5.15. The lowest BCUT2D eigenvalue weighted by atomic mass is 10.1. The maximum Gasteiger partial charge on any atom is 0.123 e. The van der Waals surface area contributed by atoms with E-state index >= 15 is 0 Å². The normalized spacial score (nSPS) is 19.8. The maximum absolute atomic E-state index is 5.93. The van der Waals surface area contributed by atoms with Crippen LogP contribution < -0.4 is 10.1 Å². The number of benzene rings is 1. The second-order valence-corrected chi connectivity index (χ2v) is 5.15. The van der Waals surface area contributed by atoms with Crippen molar-refractivity contribution in [2.45, 2.75) is 52.2 Å². The molecule has 2 rings (SSSR count). The molecule has 1 N–H and O–H groups in total. The van der Waals surface area contributed by atoms with Crippen molar-refractivity contribution < 1.29 is 4.74 Å². The van der Waals surface area contributed by atoms with Gasteiger partial charge in [0.25, 0.3) is 0 Å². The topological polar surface area (TPSA) is 21.3 Å². The predicted molar refractivity (Wildman–Crippen MR) is 71.7 cm³/mol. The molecule has 1 aliphatic rings. The van der Waals surface area contributed by atoms with E-state index in [1.54, 1.807) is 0 Å². The van der Waals surface area contributed by atoms with Gasteiger partial charge in [-0.3, -0.25) is 0 Å². The van der Waals surface area contributed by atoms with Gasteiger partial charge in [0.15, 0.2) is 0 Å². The molecule has 0 radical (unpaired) electrons. The summed E-state index contributed by atoms with van der Waals surface area (Å²) in [4.78, 5) is 0. The van der Waals surface area contributed by atoms with Gasteiger partial charge in [-0.05, 0) is 31.9 Å². The summed E-state index contributed by atoms with van der Waals surface area (Å²) in [6.07, 6.45) is 3.83. The fraction of sp³-hybridized carbons (Fsp3) is 0.600. The Kier molecular flexibility index (Phi) is 4.06. The van der Waals surface area contributed by atoms with Crippen molar-refractivity contribution in [3.8, 4) is 5.75 Å². The van der Waals surface area contributed by atoms with Crippen LogP contribution in [0.4, 0.5) is 0 Å². The Morgan fingerprint density at radius 3 is 3.06 bits per heavy atom. The lowest BCUT2D eigenvalue weighted by molar-refractivity contribution is 0.221. The van der Waals surface area contributed by atoms with Crippen molar-refractivity contribution in [1.82, 2.24) is 5.32 Å². The number of rotatable bonds is 5. The highest BCUT2D eigenvalue weighted by Gasteiger charge is 2.22. The van der Waals surface area contributed by atoms with Crippen molar-refractivity contribution in [3.63, 3.8) is 0 Å². The largest absolute Gasteiger partial charge is 0.488 e. The summed E-state index contributed by atoms with van der Waals surface area (Å²) >= 11 is 0. The average molecular weight is 233 g/mol. The molecule has 2 unspecified atom stereocenters. The molecule has 0 spiro atoms. The molecule has 1 aliphatic heterocycles. The van der Waals surface area contributed by atoms with Crippen LogP contribution in [0.3, 0.4) is 0 Å². The molecule has 17 heavy (non-hydrogen) atoms. The van der Waals surface area contributed by atoms with Gasteiger partial charge in [0.2, 0.25) is 0 Å². The molecule has 2 atom stereocenters. The molecule has 0 aliphatic carbocycles. The van der Waals surface area contributed by atoms with E-state index in [1.807, 2.05) is 0 Å². The van der Waals surface area contributed by atoms with Gasteiger partial charge in [-0.1, -0.05) is 31.0 Å². The van der Waals surface area contributed by atoms with E-state index in [0.29, 0.717) is 12.1 Å². The van der Waals surface area contributed by atoms with Crippen molar-refractivity contribution >= 4 is 0 Å². The molecule has 2 nitrogen and oxygen atoms in total. The third kappa shape index (κ3) is 3.22. The summed E-state index contributed by atoms with van der Waals surface area (Å²) in [5.41, 5.74) is 2.68. The van der Waals surface area contributed by atoms with Gasteiger partial charge in [0.1, 0.15) is 11.9 Å². The highest BCUT2D eigenvalue weighted by Crippen LogP contribution is 2.29. The molecular weight excluding hydrogens is 210 g/mol. The summed E-state index contributed by atoms with van der Waals surface area (Å²) in [5.74, 6) is 1.07. The van der Waals surface area contributed by atoms with Gasteiger partial charge in [0.05, 0.1) is 0 Å². The van der Waals surface area contributed by atoms with Gasteiger partial charge in [0, 0.05) is 19.0 Å². The highest BCUT2D eigenvalue weighted by atomic mass is 16.5. The van der Waals surface area contributed by atoms with Crippen LogP contribution in [0.1, 0.15) is 37.8 Å². The van der Waals surface area contributed by atoms with E-state index in [9.17, 15) is 0 Å². The Hall–Kier alpha value is -1.02. The van der Waals surface area contributed by atoms with E-state index in [4.69, 9.17) is 4.74 Å². The SMILES string of the molecule is CCCC(C)NCC1Cc2cc(C)ccc2O1. The first kappa shape index (κ1) is 12.4. The fourth-order valence-electron chi connectivity index (χ4n) is 2.43. The number of fused-ring (bicyclic) bond motifs is 1. The Balaban J connectivity index is 1.84. The fourth-order valence-corrected chi connectivity index (χ4v) is 2.43. The van der Waals surface area contributed by atoms with Crippen molar-refractivity contribution in [2.75, 3.05) is 6.54 Å². The first-order chi connectivity index (χ1) is 8.19.